The molecule has 0 aromatic heterocycles. The molecular weight excluding hydrogens is 219 g/mol. The maximum atomic E-state index is 11.9. The number of hydrogen-bond donors (Lipinski definition) is 0. The van der Waals surface area contributed by atoms with Crippen molar-refractivity contribution in [3.8, 4) is 0 Å². The molecular formula is C9H19O5P. The van der Waals surface area contributed by atoms with Crippen LogP contribution in [-0.2, 0) is 23.1 Å². The first-order valence-electron chi connectivity index (χ1n) is 5.03. The predicted molar refractivity (Wildman–Crippen MR) is 57.0 cm³/mol. The van der Waals surface area contributed by atoms with E-state index in [1.165, 1.54) is 7.11 Å². The van der Waals surface area contributed by atoms with Crippen molar-refractivity contribution in [1.29, 1.82) is 0 Å². The summed E-state index contributed by atoms with van der Waals surface area (Å²) in [5.41, 5.74) is 0. The Morgan fingerprint density at radius 2 is 1.73 bits per heavy atom. The highest BCUT2D eigenvalue weighted by atomic mass is 31.2. The molecule has 0 aromatic rings. The van der Waals surface area contributed by atoms with Crippen LogP contribution in [0.1, 0.15) is 26.7 Å². The SMILES string of the molecule is CCOP(=O)(CCCC(=O)OC)OCC. The molecule has 0 aromatic carbocycles. The smallest absolute Gasteiger partial charge is 0.330 e. The van der Waals surface area contributed by atoms with Crippen LogP contribution >= 0.6 is 7.60 Å². The molecule has 0 unspecified atom stereocenters. The van der Waals surface area contributed by atoms with Crippen LogP contribution < -0.4 is 0 Å². The third kappa shape index (κ3) is 6.66. The molecule has 6 heteroatoms. The Kier molecular flexibility index (Phi) is 7.65. The van der Waals surface area contributed by atoms with Gasteiger partial charge in [0.1, 0.15) is 0 Å². The van der Waals surface area contributed by atoms with Gasteiger partial charge in [0.2, 0.25) is 0 Å². The number of ether oxygens (including phenoxy) is 1. The second-order valence-corrected chi connectivity index (χ2v) is 5.04. The van der Waals surface area contributed by atoms with Crippen molar-refractivity contribution in [2.24, 2.45) is 0 Å². The van der Waals surface area contributed by atoms with Gasteiger partial charge in [0.05, 0.1) is 26.5 Å². The second kappa shape index (κ2) is 7.85. The van der Waals surface area contributed by atoms with E-state index in [1.54, 1.807) is 13.8 Å². The average molecular weight is 238 g/mol. The Labute approximate surface area is 90.6 Å². The third-order valence-electron chi connectivity index (χ3n) is 1.69. The summed E-state index contributed by atoms with van der Waals surface area (Å²) < 4.78 is 26.5. The molecule has 0 radical (unpaired) electrons. The molecule has 0 aliphatic heterocycles. The molecule has 0 atom stereocenters. The molecule has 5 nitrogen and oxygen atoms in total. The van der Waals surface area contributed by atoms with Gasteiger partial charge in [0.25, 0.3) is 0 Å². The lowest BCUT2D eigenvalue weighted by molar-refractivity contribution is -0.140. The molecule has 0 saturated heterocycles. The molecule has 90 valence electrons. The first-order valence-corrected chi connectivity index (χ1v) is 6.75. The van der Waals surface area contributed by atoms with Gasteiger partial charge >= 0.3 is 13.6 Å². The molecule has 0 amide bonds. The van der Waals surface area contributed by atoms with E-state index in [0.29, 0.717) is 19.6 Å². The lowest BCUT2D eigenvalue weighted by Crippen LogP contribution is -2.04. The highest BCUT2D eigenvalue weighted by molar-refractivity contribution is 7.53. The highest BCUT2D eigenvalue weighted by Gasteiger charge is 2.23. The minimum absolute atomic E-state index is 0.237. The van der Waals surface area contributed by atoms with Crippen molar-refractivity contribution in [3.05, 3.63) is 0 Å². The zero-order chi connectivity index (χ0) is 11.7. The van der Waals surface area contributed by atoms with Gasteiger partial charge in [-0.3, -0.25) is 9.36 Å². The van der Waals surface area contributed by atoms with Gasteiger partial charge < -0.3 is 13.8 Å². The van der Waals surface area contributed by atoms with Crippen LogP contribution in [0.3, 0.4) is 0 Å². The van der Waals surface area contributed by atoms with Crippen LogP contribution in [0, 0.1) is 0 Å². The summed E-state index contributed by atoms with van der Waals surface area (Å²) in [6, 6.07) is 0. The summed E-state index contributed by atoms with van der Waals surface area (Å²) >= 11 is 0. The molecule has 0 N–H and O–H groups in total. The minimum Gasteiger partial charge on any atom is -0.469 e. The van der Waals surface area contributed by atoms with Crippen molar-refractivity contribution in [2.75, 3.05) is 26.5 Å². The summed E-state index contributed by atoms with van der Waals surface area (Å²) in [6.07, 6.45) is 0.939. The number of carbonyl (C=O) groups excluding carboxylic acids is 1. The van der Waals surface area contributed by atoms with Crippen LogP contribution in [0.15, 0.2) is 0 Å². The second-order valence-electron chi connectivity index (χ2n) is 2.85. The molecule has 0 saturated carbocycles. The van der Waals surface area contributed by atoms with Gasteiger partial charge in [-0.15, -0.1) is 0 Å². The Morgan fingerprint density at radius 3 is 2.13 bits per heavy atom. The molecule has 0 aliphatic rings. The van der Waals surface area contributed by atoms with Crippen molar-refractivity contribution in [2.45, 2.75) is 26.7 Å². The maximum absolute atomic E-state index is 11.9. The van der Waals surface area contributed by atoms with E-state index in [9.17, 15) is 9.36 Å². The summed E-state index contributed by atoms with van der Waals surface area (Å²) in [5, 5.41) is 0. The highest BCUT2D eigenvalue weighted by Crippen LogP contribution is 2.48. The first kappa shape index (κ1) is 14.6. The van der Waals surface area contributed by atoms with E-state index in [0.717, 1.165) is 0 Å². The fourth-order valence-corrected chi connectivity index (χ4v) is 2.74. The van der Waals surface area contributed by atoms with Crippen LogP contribution in [0.25, 0.3) is 0 Å². The van der Waals surface area contributed by atoms with Crippen LogP contribution in [0.5, 0.6) is 0 Å². The number of rotatable bonds is 8. The quantitative estimate of drug-likeness (QED) is 0.479. The summed E-state index contributed by atoms with van der Waals surface area (Å²) in [4.78, 5) is 10.8. The van der Waals surface area contributed by atoms with Crippen molar-refractivity contribution >= 4 is 13.6 Å². The average Bonchev–Trinajstić information content (AvgIpc) is 2.18. The molecule has 0 rings (SSSR count). The van der Waals surface area contributed by atoms with Gasteiger partial charge in [-0.1, -0.05) is 0 Å². The summed E-state index contributed by atoms with van der Waals surface area (Å²) in [6.45, 7) is 4.20. The van der Waals surface area contributed by atoms with E-state index in [2.05, 4.69) is 4.74 Å². The summed E-state index contributed by atoms with van der Waals surface area (Å²) in [5.74, 6) is -0.311. The van der Waals surface area contributed by atoms with E-state index in [1.807, 2.05) is 0 Å². The van der Waals surface area contributed by atoms with Crippen LogP contribution in [0.4, 0.5) is 0 Å². The topological polar surface area (TPSA) is 61.8 Å². The number of methoxy groups -OCH3 is 1. The Hall–Kier alpha value is -0.380. The van der Waals surface area contributed by atoms with Crippen LogP contribution in [0.2, 0.25) is 0 Å². The first-order chi connectivity index (χ1) is 7.08. The third-order valence-corrected chi connectivity index (χ3v) is 3.86. The predicted octanol–water partition coefficient (Wildman–Crippen LogP) is 2.21. The monoisotopic (exact) mass is 238 g/mol. The molecule has 15 heavy (non-hydrogen) atoms. The van der Waals surface area contributed by atoms with Gasteiger partial charge in [-0.2, -0.15) is 0 Å². The Bertz CT molecular complexity index is 219. The fourth-order valence-electron chi connectivity index (χ4n) is 1.08. The largest absolute Gasteiger partial charge is 0.469 e. The molecule has 0 heterocycles. The zero-order valence-corrected chi connectivity index (χ0v) is 10.4. The van der Waals surface area contributed by atoms with Crippen molar-refractivity contribution in [1.82, 2.24) is 0 Å². The Morgan fingerprint density at radius 1 is 1.20 bits per heavy atom. The molecule has 0 fully saturated rings. The molecule has 0 aliphatic carbocycles. The minimum atomic E-state index is -2.99. The van der Waals surface area contributed by atoms with Gasteiger partial charge in [-0.05, 0) is 20.3 Å². The lowest BCUT2D eigenvalue weighted by atomic mass is 10.3. The van der Waals surface area contributed by atoms with Gasteiger partial charge in [0, 0.05) is 6.42 Å². The zero-order valence-electron chi connectivity index (χ0n) is 9.52. The number of carbonyl (C=O) groups is 1. The normalized spacial score (nSPS) is 11.4. The Balaban J connectivity index is 3.96. The van der Waals surface area contributed by atoms with E-state index in [4.69, 9.17) is 9.05 Å². The van der Waals surface area contributed by atoms with Gasteiger partial charge in [-0.25, -0.2) is 0 Å². The fraction of sp³-hybridized carbons (Fsp3) is 0.889. The molecule has 0 spiro atoms. The van der Waals surface area contributed by atoms with Crippen molar-refractivity contribution in [3.63, 3.8) is 0 Å². The van der Waals surface area contributed by atoms with Crippen LogP contribution in [-0.4, -0.2) is 32.5 Å². The molecule has 0 bridgehead atoms. The summed E-state index contributed by atoms with van der Waals surface area (Å²) in [7, 11) is -1.67. The number of esters is 1. The number of hydrogen-bond acceptors (Lipinski definition) is 5. The lowest BCUT2D eigenvalue weighted by Gasteiger charge is -2.16. The standard InChI is InChI=1S/C9H19O5P/c1-4-13-15(11,14-5-2)8-6-7-9(10)12-3/h4-8H2,1-3H3. The van der Waals surface area contributed by atoms with E-state index in [-0.39, 0.29) is 18.6 Å². The van der Waals surface area contributed by atoms with Gasteiger partial charge in [0.15, 0.2) is 0 Å². The van der Waals surface area contributed by atoms with E-state index >= 15 is 0 Å². The van der Waals surface area contributed by atoms with E-state index < -0.39 is 7.60 Å². The maximum Gasteiger partial charge on any atom is 0.330 e. The van der Waals surface area contributed by atoms with Crippen molar-refractivity contribution < 1.29 is 23.1 Å².